The second-order valence-corrected chi connectivity index (χ2v) is 8.18. The predicted molar refractivity (Wildman–Crippen MR) is 118 cm³/mol. The highest BCUT2D eigenvalue weighted by Gasteiger charge is 2.31. The van der Waals surface area contributed by atoms with Gasteiger partial charge in [0.25, 0.3) is 5.91 Å². The Bertz CT molecular complexity index is 1190. The number of fused-ring (bicyclic) bond motifs is 1. The molecule has 1 amide bonds. The summed E-state index contributed by atoms with van der Waals surface area (Å²) in [7, 11) is 0. The number of halogens is 3. The monoisotopic (exact) mass is 470 g/mol. The van der Waals surface area contributed by atoms with Crippen molar-refractivity contribution >= 4 is 23.2 Å². The molecule has 11 heteroatoms. The Balaban J connectivity index is 1.18. The molecular formula is C23H21F3N6O2. The van der Waals surface area contributed by atoms with Crippen molar-refractivity contribution in [3.8, 4) is 5.75 Å². The van der Waals surface area contributed by atoms with Gasteiger partial charge in [-0.15, -0.1) is 0 Å². The van der Waals surface area contributed by atoms with Crippen molar-refractivity contribution in [2.24, 2.45) is 0 Å². The molecule has 0 spiro atoms. The van der Waals surface area contributed by atoms with E-state index < -0.39 is 12.4 Å². The van der Waals surface area contributed by atoms with Gasteiger partial charge in [-0.25, -0.2) is 14.4 Å². The molecule has 2 aliphatic rings. The van der Waals surface area contributed by atoms with E-state index in [-0.39, 0.29) is 29.6 Å². The third-order valence-electron chi connectivity index (χ3n) is 5.89. The minimum absolute atomic E-state index is 0.00587. The largest absolute Gasteiger partial charge is 0.433 e. The lowest BCUT2D eigenvalue weighted by molar-refractivity contribution is -0.0500. The van der Waals surface area contributed by atoms with Gasteiger partial charge in [0.15, 0.2) is 11.6 Å². The molecular weight excluding hydrogens is 449 g/mol. The van der Waals surface area contributed by atoms with E-state index in [9.17, 15) is 18.0 Å². The average molecular weight is 470 g/mol. The molecule has 4 heterocycles. The molecule has 5 rings (SSSR count). The van der Waals surface area contributed by atoms with Gasteiger partial charge >= 0.3 is 6.61 Å². The molecule has 0 unspecified atom stereocenters. The second kappa shape index (κ2) is 9.16. The number of carbonyl (C=O) groups is 1. The molecule has 1 aliphatic carbocycles. The first-order chi connectivity index (χ1) is 16.5. The van der Waals surface area contributed by atoms with Crippen LogP contribution in [0.2, 0.25) is 0 Å². The van der Waals surface area contributed by atoms with Gasteiger partial charge in [0.1, 0.15) is 17.3 Å². The standard InChI is InChI=1S/C23H21F3N6O2/c24-18-9-16(32-12-13-2-1-7-27-20(13)22(32)33)10-29-21(18)31-15-4-3-14(8-15)30-19-6-5-17(11-28-19)34-23(25)26/h1-2,5-7,9-11,14-15,23H,3-4,8,12H2,(H,28,30)(H,29,31)/t14-,15-/m0/s1. The number of nitrogens with one attached hydrogen (secondary N) is 2. The Kier molecular flexibility index (Phi) is 5.91. The predicted octanol–water partition coefficient (Wildman–Crippen LogP) is 4.22. The van der Waals surface area contributed by atoms with Crippen molar-refractivity contribution < 1.29 is 22.7 Å². The number of rotatable bonds is 7. The highest BCUT2D eigenvalue weighted by molar-refractivity contribution is 6.08. The average Bonchev–Trinajstić information content (AvgIpc) is 3.40. The molecule has 0 aromatic carbocycles. The molecule has 0 radical (unpaired) electrons. The van der Waals surface area contributed by atoms with Gasteiger partial charge in [-0.2, -0.15) is 8.78 Å². The van der Waals surface area contributed by atoms with Crippen molar-refractivity contribution in [1.82, 2.24) is 15.0 Å². The summed E-state index contributed by atoms with van der Waals surface area (Å²) >= 11 is 0. The number of hydrogen-bond donors (Lipinski definition) is 2. The van der Waals surface area contributed by atoms with Crippen molar-refractivity contribution in [2.45, 2.75) is 44.5 Å². The number of nitrogens with zero attached hydrogens (tertiary/aromatic N) is 4. The van der Waals surface area contributed by atoms with Crippen LogP contribution in [0.15, 0.2) is 48.9 Å². The summed E-state index contributed by atoms with van der Waals surface area (Å²) in [6, 6.07) is 7.97. The molecule has 3 aromatic heterocycles. The van der Waals surface area contributed by atoms with Crippen LogP contribution in [0.4, 0.5) is 30.5 Å². The Hall–Kier alpha value is -3.89. The molecule has 1 saturated carbocycles. The zero-order valence-electron chi connectivity index (χ0n) is 17.9. The summed E-state index contributed by atoms with van der Waals surface area (Å²) in [4.78, 5) is 26.4. The highest BCUT2D eigenvalue weighted by atomic mass is 19.3. The zero-order valence-corrected chi connectivity index (χ0v) is 17.9. The van der Waals surface area contributed by atoms with Crippen LogP contribution < -0.4 is 20.3 Å². The van der Waals surface area contributed by atoms with Crippen molar-refractivity contribution in [1.29, 1.82) is 0 Å². The van der Waals surface area contributed by atoms with E-state index >= 15 is 0 Å². The van der Waals surface area contributed by atoms with E-state index in [0.29, 0.717) is 30.2 Å². The van der Waals surface area contributed by atoms with Crippen LogP contribution in [-0.2, 0) is 6.54 Å². The number of pyridine rings is 3. The van der Waals surface area contributed by atoms with Crippen LogP contribution in [0.3, 0.4) is 0 Å². The normalized spacial score (nSPS) is 19.4. The molecule has 1 fully saturated rings. The van der Waals surface area contributed by atoms with E-state index in [1.165, 1.54) is 29.4 Å². The summed E-state index contributed by atoms with van der Waals surface area (Å²) < 4.78 is 43.6. The third kappa shape index (κ3) is 4.59. The molecule has 0 bridgehead atoms. The lowest BCUT2D eigenvalue weighted by atomic mass is 10.2. The minimum Gasteiger partial charge on any atom is -0.433 e. The number of amides is 1. The third-order valence-corrected chi connectivity index (χ3v) is 5.89. The first-order valence-electron chi connectivity index (χ1n) is 10.8. The van der Waals surface area contributed by atoms with Gasteiger partial charge in [0, 0.05) is 29.9 Å². The Morgan fingerprint density at radius 2 is 1.88 bits per heavy atom. The quantitative estimate of drug-likeness (QED) is 0.534. The molecule has 0 saturated heterocycles. The van der Waals surface area contributed by atoms with E-state index in [4.69, 9.17) is 0 Å². The molecule has 34 heavy (non-hydrogen) atoms. The number of hydrogen-bond acceptors (Lipinski definition) is 7. The zero-order chi connectivity index (χ0) is 23.7. The SMILES string of the molecule is O=C1c2ncccc2CN1c1cnc(N[C@H]2CC[C@H](Nc3ccc(OC(F)F)cn3)C2)c(F)c1. The maximum Gasteiger partial charge on any atom is 0.387 e. The second-order valence-electron chi connectivity index (χ2n) is 8.18. The van der Waals surface area contributed by atoms with E-state index in [0.717, 1.165) is 18.4 Å². The van der Waals surface area contributed by atoms with Crippen molar-refractivity contribution in [3.63, 3.8) is 0 Å². The lowest BCUT2D eigenvalue weighted by Crippen LogP contribution is -2.24. The van der Waals surface area contributed by atoms with Gasteiger partial charge in [-0.1, -0.05) is 6.07 Å². The minimum atomic E-state index is -2.89. The smallest absolute Gasteiger partial charge is 0.387 e. The summed E-state index contributed by atoms with van der Waals surface area (Å²) in [6.07, 6.45) is 6.58. The van der Waals surface area contributed by atoms with Crippen LogP contribution >= 0.6 is 0 Å². The number of ether oxygens (including phenoxy) is 1. The van der Waals surface area contributed by atoms with Crippen LogP contribution in [0.25, 0.3) is 0 Å². The summed E-state index contributed by atoms with van der Waals surface area (Å²) in [5.74, 6) is -0.145. The van der Waals surface area contributed by atoms with Gasteiger partial charge < -0.3 is 20.3 Å². The first kappa shape index (κ1) is 21.9. The van der Waals surface area contributed by atoms with Crippen LogP contribution in [0.5, 0.6) is 5.75 Å². The molecule has 2 N–H and O–H groups in total. The Labute approximate surface area is 193 Å². The fraction of sp³-hybridized carbons (Fsp3) is 0.304. The van der Waals surface area contributed by atoms with E-state index in [2.05, 4.69) is 30.3 Å². The molecule has 176 valence electrons. The van der Waals surface area contributed by atoms with E-state index in [1.807, 2.05) is 6.07 Å². The van der Waals surface area contributed by atoms with Crippen LogP contribution in [0.1, 0.15) is 35.3 Å². The lowest BCUT2D eigenvalue weighted by Gasteiger charge is -2.18. The number of anilines is 3. The Morgan fingerprint density at radius 1 is 1.06 bits per heavy atom. The number of carbonyl (C=O) groups excluding carboxylic acids is 1. The summed E-state index contributed by atoms with van der Waals surface area (Å²) in [5.41, 5.74) is 1.55. The highest BCUT2D eigenvalue weighted by Crippen LogP contribution is 2.30. The molecule has 1 aliphatic heterocycles. The van der Waals surface area contributed by atoms with E-state index in [1.54, 1.807) is 18.3 Å². The van der Waals surface area contributed by atoms with Gasteiger partial charge in [-0.3, -0.25) is 9.78 Å². The van der Waals surface area contributed by atoms with Crippen molar-refractivity contribution in [2.75, 3.05) is 15.5 Å². The fourth-order valence-corrected chi connectivity index (χ4v) is 4.30. The first-order valence-corrected chi connectivity index (χ1v) is 10.8. The van der Waals surface area contributed by atoms with Crippen molar-refractivity contribution in [3.05, 3.63) is 66.0 Å². The summed E-state index contributed by atoms with van der Waals surface area (Å²) in [5, 5.41) is 6.39. The Morgan fingerprint density at radius 3 is 2.59 bits per heavy atom. The molecule has 2 atom stereocenters. The maximum atomic E-state index is 14.8. The maximum absolute atomic E-state index is 14.8. The number of alkyl halides is 2. The topological polar surface area (TPSA) is 92.3 Å². The van der Waals surface area contributed by atoms with Gasteiger partial charge in [0.2, 0.25) is 0 Å². The summed E-state index contributed by atoms with van der Waals surface area (Å²) in [6.45, 7) is -2.57. The molecule has 3 aromatic rings. The van der Waals surface area contributed by atoms with Crippen LogP contribution in [-0.4, -0.2) is 39.6 Å². The van der Waals surface area contributed by atoms with Gasteiger partial charge in [-0.05, 0) is 37.5 Å². The van der Waals surface area contributed by atoms with Crippen LogP contribution in [0, 0.1) is 5.82 Å². The number of aromatic nitrogens is 3. The van der Waals surface area contributed by atoms with Gasteiger partial charge in [0.05, 0.1) is 24.6 Å². The fourth-order valence-electron chi connectivity index (χ4n) is 4.30. The molecule has 8 nitrogen and oxygen atoms in total.